The summed E-state index contributed by atoms with van der Waals surface area (Å²) in [6, 6.07) is 0. The molecule has 1 aliphatic rings. The number of carbonyl (C=O) groups is 1. The number of nitrogens with zero attached hydrogens (tertiary/aromatic N) is 1. The summed E-state index contributed by atoms with van der Waals surface area (Å²) in [7, 11) is 0. The van der Waals surface area contributed by atoms with Crippen LogP contribution in [-0.2, 0) is 4.79 Å². The van der Waals surface area contributed by atoms with Crippen LogP contribution in [0.4, 0.5) is 0 Å². The molecular weight excluding hydrogens is 114 g/mol. The van der Waals surface area contributed by atoms with Gasteiger partial charge >= 0.3 is 0 Å². The van der Waals surface area contributed by atoms with Crippen molar-refractivity contribution in [2.45, 2.75) is 6.42 Å². The van der Waals surface area contributed by atoms with Crippen molar-refractivity contribution in [3.63, 3.8) is 0 Å². The van der Waals surface area contributed by atoms with E-state index < -0.39 is 0 Å². The monoisotopic (exact) mass is 117 g/mol. The molecule has 0 aliphatic carbocycles. The van der Waals surface area contributed by atoms with Crippen LogP contribution >= 0.6 is 11.8 Å². The van der Waals surface area contributed by atoms with Crippen molar-refractivity contribution >= 4 is 17.7 Å². The molecule has 3 heteroatoms. The van der Waals surface area contributed by atoms with Gasteiger partial charge in [0.1, 0.15) is 0 Å². The zero-order valence-corrected chi connectivity index (χ0v) is 4.35. The van der Waals surface area contributed by atoms with E-state index in [1.807, 2.05) is 0 Å². The van der Waals surface area contributed by atoms with E-state index in [9.17, 15) is 4.79 Å². The van der Waals surface area contributed by atoms with Crippen molar-refractivity contribution < 1.29 is 4.79 Å². The van der Waals surface area contributed by atoms with Gasteiger partial charge < -0.3 is 0 Å². The second-order valence-electron chi connectivity index (χ2n) is 1.29. The standard InChI is InChI=1S/C4H4ClNO/c5-6-3-1-2-4(6)7/h1,3H,2H2. The Morgan fingerprint density at radius 1 is 1.86 bits per heavy atom. The SMILES string of the molecule is O=C1CC=CN1Cl. The second-order valence-corrected chi connectivity index (χ2v) is 1.66. The first-order chi connectivity index (χ1) is 3.30. The zero-order valence-electron chi connectivity index (χ0n) is 3.60. The van der Waals surface area contributed by atoms with E-state index in [0.29, 0.717) is 6.42 Å². The molecule has 0 spiro atoms. The van der Waals surface area contributed by atoms with Crippen LogP contribution in [0, 0.1) is 0 Å². The van der Waals surface area contributed by atoms with Gasteiger partial charge in [-0.25, -0.2) is 4.42 Å². The quantitative estimate of drug-likeness (QED) is 0.432. The number of amides is 1. The van der Waals surface area contributed by atoms with Gasteiger partial charge in [0.2, 0.25) is 5.91 Å². The number of rotatable bonds is 0. The second kappa shape index (κ2) is 1.54. The molecule has 0 bridgehead atoms. The average molecular weight is 118 g/mol. The van der Waals surface area contributed by atoms with Gasteiger partial charge in [-0.15, -0.1) is 0 Å². The number of hydrogen-bond acceptors (Lipinski definition) is 1. The van der Waals surface area contributed by atoms with Crippen molar-refractivity contribution in [2.24, 2.45) is 0 Å². The molecule has 0 radical (unpaired) electrons. The summed E-state index contributed by atoms with van der Waals surface area (Å²) < 4.78 is 1.06. The topological polar surface area (TPSA) is 20.3 Å². The molecule has 0 unspecified atom stereocenters. The smallest absolute Gasteiger partial charge is 0.244 e. The number of hydrogen-bond donors (Lipinski definition) is 0. The van der Waals surface area contributed by atoms with E-state index in [1.165, 1.54) is 0 Å². The van der Waals surface area contributed by atoms with Gasteiger partial charge in [-0.1, -0.05) is 6.08 Å². The van der Waals surface area contributed by atoms with E-state index in [-0.39, 0.29) is 5.91 Å². The lowest BCUT2D eigenvalue weighted by molar-refractivity contribution is -0.123. The van der Waals surface area contributed by atoms with Crippen LogP contribution in [0.5, 0.6) is 0 Å². The van der Waals surface area contributed by atoms with E-state index in [2.05, 4.69) is 0 Å². The summed E-state index contributed by atoms with van der Waals surface area (Å²) in [6.07, 6.45) is 3.71. The minimum atomic E-state index is -0.0540. The van der Waals surface area contributed by atoms with Gasteiger partial charge in [0.15, 0.2) is 0 Å². The minimum Gasteiger partial charge on any atom is -0.273 e. The summed E-state index contributed by atoms with van der Waals surface area (Å²) in [5.41, 5.74) is 0. The van der Waals surface area contributed by atoms with Gasteiger partial charge in [0.25, 0.3) is 0 Å². The predicted octanol–water partition coefficient (Wildman–Crippen LogP) is 0.886. The highest BCUT2D eigenvalue weighted by atomic mass is 35.5. The maximum Gasteiger partial charge on any atom is 0.244 e. The highest BCUT2D eigenvalue weighted by Gasteiger charge is 2.10. The van der Waals surface area contributed by atoms with Crippen molar-refractivity contribution in [1.82, 2.24) is 4.42 Å². The Morgan fingerprint density at radius 3 is 2.71 bits per heavy atom. The molecule has 1 amide bonds. The molecule has 7 heavy (non-hydrogen) atoms. The Bertz CT molecular complexity index is 121. The van der Waals surface area contributed by atoms with Crippen molar-refractivity contribution in [2.75, 3.05) is 0 Å². The third kappa shape index (κ3) is 0.747. The van der Waals surface area contributed by atoms with Crippen molar-refractivity contribution in [1.29, 1.82) is 0 Å². The molecular formula is C4H4ClNO. The molecule has 0 aromatic heterocycles. The molecule has 0 N–H and O–H groups in total. The minimum absolute atomic E-state index is 0.0540. The first-order valence-electron chi connectivity index (χ1n) is 1.95. The summed E-state index contributed by atoms with van der Waals surface area (Å²) in [6.45, 7) is 0. The molecule has 1 aliphatic heterocycles. The maximum absolute atomic E-state index is 10.3. The Labute approximate surface area is 46.5 Å². The third-order valence-electron chi connectivity index (χ3n) is 0.767. The van der Waals surface area contributed by atoms with Crippen LogP contribution in [0.1, 0.15) is 6.42 Å². The normalized spacial score (nSPS) is 19.0. The molecule has 38 valence electrons. The fourth-order valence-corrected chi connectivity index (χ4v) is 0.565. The van der Waals surface area contributed by atoms with Gasteiger partial charge in [0.05, 0.1) is 0 Å². The molecule has 2 nitrogen and oxygen atoms in total. The lowest BCUT2D eigenvalue weighted by atomic mass is 10.5. The molecule has 0 atom stereocenters. The Balaban J connectivity index is 2.62. The fraction of sp³-hybridized carbons (Fsp3) is 0.250. The Hall–Kier alpha value is -0.500. The zero-order chi connectivity index (χ0) is 5.28. The molecule has 0 aromatic carbocycles. The lowest BCUT2D eigenvalue weighted by Gasteiger charge is -1.95. The summed E-state index contributed by atoms with van der Waals surface area (Å²) in [5.74, 6) is -0.0540. The van der Waals surface area contributed by atoms with Crippen LogP contribution in [-0.4, -0.2) is 10.3 Å². The molecule has 1 heterocycles. The van der Waals surface area contributed by atoms with E-state index in [4.69, 9.17) is 11.8 Å². The van der Waals surface area contributed by atoms with Gasteiger partial charge in [-0.2, -0.15) is 0 Å². The highest BCUT2D eigenvalue weighted by Crippen LogP contribution is 2.07. The first-order valence-corrected chi connectivity index (χ1v) is 2.29. The Kier molecular flexibility index (Phi) is 1.02. The van der Waals surface area contributed by atoms with Crippen LogP contribution in [0.3, 0.4) is 0 Å². The largest absolute Gasteiger partial charge is 0.273 e. The van der Waals surface area contributed by atoms with Crippen LogP contribution < -0.4 is 0 Å². The lowest BCUT2D eigenvalue weighted by Crippen LogP contribution is -2.07. The molecule has 0 fully saturated rings. The molecule has 1 rings (SSSR count). The summed E-state index contributed by atoms with van der Waals surface area (Å²) in [4.78, 5) is 10.3. The Morgan fingerprint density at radius 2 is 2.57 bits per heavy atom. The summed E-state index contributed by atoms with van der Waals surface area (Å²) in [5, 5.41) is 0. The van der Waals surface area contributed by atoms with Gasteiger partial charge in [-0.05, 0) is 0 Å². The molecule has 0 saturated carbocycles. The predicted molar refractivity (Wildman–Crippen MR) is 26.5 cm³/mol. The maximum atomic E-state index is 10.3. The average Bonchev–Trinajstić information content (AvgIpc) is 1.91. The number of carbonyl (C=O) groups excluding carboxylic acids is 1. The number of halogens is 1. The van der Waals surface area contributed by atoms with E-state index in [1.54, 1.807) is 12.3 Å². The van der Waals surface area contributed by atoms with E-state index in [0.717, 1.165) is 4.42 Å². The van der Waals surface area contributed by atoms with E-state index >= 15 is 0 Å². The molecule has 0 aromatic rings. The highest BCUT2D eigenvalue weighted by molar-refractivity contribution is 6.22. The molecule has 0 saturated heterocycles. The summed E-state index contributed by atoms with van der Waals surface area (Å²) >= 11 is 5.26. The van der Waals surface area contributed by atoms with Crippen LogP contribution in [0.25, 0.3) is 0 Å². The third-order valence-corrected chi connectivity index (χ3v) is 1.07. The van der Waals surface area contributed by atoms with Gasteiger partial charge in [-0.3, -0.25) is 4.79 Å². The van der Waals surface area contributed by atoms with Gasteiger partial charge in [0, 0.05) is 24.4 Å². The first kappa shape index (κ1) is 4.65. The van der Waals surface area contributed by atoms with Crippen LogP contribution in [0.15, 0.2) is 12.3 Å². The fourth-order valence-electron chi connectivity index (χ4n) is 0.416. The van der Waals surface area contributed by atoms with Crippen molar-refractivity contribution in [3.8, 4) is 0 Å². The van der Waals surface area contributed by atoms with Crippen LogP contribution in [0.2, 0.25) is 0 Å². The van der Waals surface area contributed by atoms with Crippen molar-refractivity contribution in [3.05, 3.63) is 12.3 Å².